The normalized spacial score (nSPS) is 10.5. The summed E-state index contributed by atoms with van der Waals surface area (Å²) in [7, 11) is 0. The molecule has 1 heterocycles. The molecular weight excluding hydrogens is 446 g/mol. The number of nitrogens with one attached hydrogen (secondary N) is 1. The fraction of sp³-hybridized carbons (Fsp3) is 0.167. The topological polar surface area (TPSA) is 113 Å². The van der Waals surface area contributed by atoms with Crippen LogP contribution in [0.3, 0.4) is 0 Å². The van der Waals surface area contributed by atoms with E-state index >= 15 is 0 Å². The second-order valence-electron chi connectivity index (χ2n) is 7.06. The van der Waals surface area contributed by atoms with Gasteiger partial charge >= 0.3 is 5.69 Å². The summed E-state index contributed by atoms with van der Waals surface area (Å²) in [5, 5.41) is 12.2. The van der Waals surface area contributed by atoms with E-state index in [1.807, 2.05) is 24.4 Å². The summed E-state index contributed by atoms with van der Waals surface area (Å²) in [6.07, 6.45) is 2.79. The molecule has 172 valence electrons. The largest absolute Gasteiger partial charge is 0.490 e. The zero-order valence-electron chi connectivity index (χ0n) is 17.7. The standard InChI is InChI=1S/C24H23N3O5.ClH/c25-12-11-17-16-26-22-10-9-20(15-21(17)22)31-14-13-30-18-5-7-19(8-6-18)32-24-4-2-1-3-23(24)27(28)29;/h1-10,15-16,26H,11-14,25H2;1H. The van der Waals surface area contributed by atoms with E-state index in [2.05, 4.69) is 4.98 Å². The number of benzene rings is 3. The predicted octanol–water partition coefficient (Wildman–Crippen LogP) is 5.25. The SMILES string of the molecule is Cl.NCCc1c[nH]c2ccc(OCCOc3ccc(Oc4ccccc4[N+](=O)[O-])cc3)cc12. The molecular formula is C24H24ClN3O5. The number of aromatic nitrogens is 1. The molecule has 4 aromatic rings. The smallest absolute Gasteiger partial charge is 0.311 e. The Bertz CT molecular complexity index is 1210. The van der Waals surface area contributed by atoms with Crippen LogP contribution in [-0.4, -0.2) is 29.7 Å². The van der Waals surface area contributed by atoms with Crippen molar-refractivity contribution >= 4 is 29.0 Å². The summed E-state index contributed by atoms with van der Waals surface area (Å²) < 4.78 is 17.2. The first kappa shape index (κ1) is 23.9. The van der Waals surface area contributed by atoms with Crippen molar-refractivity contribution in [3.05, 3.63) is 88.6 Å². The number of nitrogens with zero attached hydrogens (tertiary/aromatic N) is 1. The Hall–Kier alpha value is -3.75. The molecule has 4 rings (SSSR count). The second kappa shape index (κ2) is 11.2. The molecule has 0 saturated heterocycles. The highest BCUT2D eigenvalue weighted by Crippen LogP contribution is 2.31. The van der Waals surface area contributed by atoms with Gasteiger partial charge in [-0.15, -0.1) is 12.4 Å². The molecule has 0 radical (unpaired) electrons. The van der Waals surface area contributed by atoms with Gasteiger partial charge in [0.05, 0.1) is 4.92 Å². The number of fused-ring (bicyclic) bond motifs is 1. The van der Waals surface area contributed by atoms with Gasteiger partial charge in [-0.1, -0.05) is 12.1 Å². The van der Waals surface area contributed by atoms with Crippen LogP contribution in [0.25, 0.3) is 10.9 Å². The number of aromatic amines is 1. The van der Waals surface area contributed by atoms with Gasteiger partial charge < -0.3 is 24.9 Å². The number of hydrogen-bond acceptors (Lipinski definition) is 6. The first-order valence-corrected chi connectivity index (χ1v) is 10.2. The summed E-state index contributed by atoms with van der Waals surface area (Å²) in [4.78, 5) is 13.9. The summed E-state index contributed by atoms with van der Waals surface area (Å²) >= 11 is 0. The van der Waals surface area contributed by atoms with E-state index in [-0.39, 0.29) is 23.8 Å². The minimum absolute atomic E-state index is 0. The van der Waals surface area contributed by atoms with Crippen LogP contribution in [0.2, 0.25) is 0 Å². The van der Waals surface area contributed by atoms with Crippen molar-refractivity contribution in [2.45, 2.75) is 6.42 Å². The number of H-pyrrole nitrogens is 1. The fourth-order valence-electron chi connectivity index (χ4n) is 3.35. The number of hydrogen-bond donors (Lipinski definition) is 2. The zero-order valence-corrected chi connectivity index (χ0v) is 18.5. The molecule has 0 spiro atoms. The van der Waals surface area contributed by atoms with Crippen LogP contribution in [0.1, 0.15) is 5.56 Å². The first-order chi connectivity index (χ1) is 15.6. The molecule has 0 bridgehead atoms. The van der Waals surface area contributed by atoms with E-state index in [1.165, 1.54) is 11.6 Å². The van der Waals surface area contributed by atoms with Crippen molar-refractivity contribution < 1.29 is 19.1 Å². The molecule has 0 saturated carbocycles. The van der Waals surface area contributed by atoms with Gasteiger partial charge in [-0.2, -0.15) is 0 Å². The van der Waals surface area contributed by atoms with Gasteiger partial charge in [-0.25, -0.2) is 0 Å². The number of ether oxygens (including phenoxy) is 3. The lowest BCUT2D eigenvalue weighted by Gasteiger charge is -2.10. The molecule has 0 aliphatic carbocycles. The first-order valence-electron chi connectivity index (χ1n) is 10.2. The van der Waals surface area contributed by atoms with Crippen molar-refractivity contribution in [3.8, 4) is 23.0 Å². The minimum atomic E-state index is -0.473. The van der Waals surface area contributed by atoms with Crippen molar-refractivity contribution in [1.82, 2.24) is 4.98 Å². The van der Waals surface area contributed by atoms with Crippen LogP contribution in [-0.2, 0) is 6.42 Å². The van der Waals surface area contributed by atoms with E-state index in [0.29, 0.717) is 31.3 Å². The Morgan fingerprint density at radius 3 is 2.30 bits per heavy atom. The van der Waals surface area contributed by atoms with Gasteiger partial charge in [0.15, 0.2) is 0 Å². The Kier molecular flexibility index (Phi) is 8.12. The number of para-hydroxylation sites is 2. The van der Waals surface area contributed by atoms with Crippen molar-refractivity contribution in [2.24, 2.45) is 5.73 Å². The molecule has 0 fully saturated rings. The third-order valence-corrected chi connectivity index (χ3v) is 4.89. The molecule has 0 aliphatic heterocycles. The molecule has 3 N–H and O–H groups in total. The van der Waals surface area contributed by atoms with Crippen LogP contribution in [0.5, 0.6) is 23.0 Å². The predicted molar refractivity (Wildman–Crippen MR) is 129 cm³/mol. The van der Waals surface area contributed by atoms with Crippen molar-refractivity contribution in [2.75, 3.05) is 19.8 Å². The van der Waals surface area contributed by atoms with Gasteiger partial charge in [0.25, 0.3) is 0 Å². The van der Waals surface area contributed by atoms with Crippen LogP contribution in [0.4, 0.5) is 5.69 Å². The number of nitrogens with two attached hydrogens (primary N) is 1. The molecule has 8 nitrogen and oxygen atoms in total. The number of nitro groups is 1. The molecule has 0 unspecified atom stereocenters. The maximum atomic E-state index is 11.1. The Morgan fingerprint density at radius 1 is 0.909 bits per heavy atom. The fourth-order valence-corrected chi connectivity index (χ4v) is 3.35. The van der Waals surface area contributed by atoms with Gasteiger partial charge in [0.1, 0.15) is 30.5 Å². The number of halogens is 1. The Balaban J connectivity index is 0.00000306. The summed E-state index contributed by atoms with van der Waals surface area (Å²) in [5.74, 6) is 2.09. The molecule has 0 amide bonds. The Labute approximate surface area is 196 Å². The van der Waals surface area contributed by atoms with Crippen molar-refractivity contribution in [1.29, 1.82) is 0 Å². The monoisotopic (exact) mass is 469 g/mol. The lowest BCUT2D eigenvalue weighted by Crippen LogP contribution is -2.09. The minimum Gasteiger partial charge on any atom is -0.490 e. The summed E-state index contributed by atoms with van der Waals surface area (Å²) in [5.41, 5.74) is 7.82. The van der Waals surface area contributed by atoms with E-state index in [1.54, 1.807) is 42.5 Å². The molecule has 3 aromatic carbocycles. The van der Waals surface area contributed by atoms with E-state index < -0.39 is 4.92 Å². The lowest BCUT2D eigenvalue weighted by atomic mass is 10.1. The third kappa shape index (κ3) is 5.94. The number of nitro benzene ring substituents is 1. The molecule has 0 aliphatic rings. The van der Waals surface area contributed by atoms with Crippen LogP contribution in [0.15, 0.2) is 72.9 Å². The average molecular weight is 470 g/mol. The zero-order chi connectivity index (χ0) is 22.3. The molecule has 9 heteroatoms. The lowest BCUT2D eigenvalue weighted by molar-refractivity contribution is -0.385. The highest BCUT2D eigenvalue weighted by molar-refractivity contribution is 5.85. The average Bonchev–Trinajstić information content (AvgIpc) is 3.20. The highest BCUT2D eigenvalue weighted by Gasteiger charge is 2.14. The summed E-state index contributed by atoms with van der Waals surface area (Å²) in [6.45, 7) is 1.35. The van der Waals surface area contributed by atoms with E-state index in [9.17, 15) is 10.1 Å². The van der Waals surface area contributed by atoms with Gasteiger partial charge in [0, 0.05) is 23.2 Å². The maximum absolute atomic E-state index is 11.1. The quantitative estimate of drug-likeness (QED) is 0.186. The molecule has 1 aromatic heterocycles. The van der Waals surface area contributed by atoms with E-state index in [0.717, 1.165) is 23.1 Å². The highest BCUT2D eigenvalue weighted by atomic mass is 35.5. The van der Waals surface area contributed by atoms with Gasteiger partial charge in [-0.3, -0.25) is 10.1 Å². The van der Waals surface area contributed by atoms with Crippen LogP contribution in [0, 0.1) is 10.1 Å². The second-order valence-corrected chi connectivity index (χ2v) is 7.06. The van der Waals surface area contributed by atoms with Crippen LogP contribution < -0.4 is 19.9 Å². The maximum Gasteiger partial charge on any atom is 0.311 e. The summed E-state index contributed by atoms with van der Waals surface area (Å²) in [6, 6.07) is 19.0. The third-order valence-electron chi connectivity index (χ3n) is 4.89. The van der Waals surface area contributed by atoms with Gasteiger partial charge in [0.2, 0.25) is 5.75 Å². The number of rotatable bonds is 10. The van der Waals surface area contributed by atoms with Crippen molar-refractivity contribution in [3.63, 3.8) is 0 Å². The molecule has 33 heavy (non-hydrogen) atoms. The Morgan fingerprint density at radius 2 is 1.58 bits per heavy atom. The van der Waals surface area contributed by atoms with Gasteiger partial charge in [-0.05, 0) is 67.1 Å². The molecule has 0 atom stereocenters. The van der Waals surface area contributed by atoms with E-state index in [4.69, 9.17) is 19.9 Å². The van der Waals surface area contributed by atoms with Crippen LogP contribution >= 0.6 is 12.4 Å².